The number of hydrogen-bond acceptors (Lipinski definition) is 7. The number of fused-ring (bicyclic) bond motifs is 3. The quantitative estimate of drug-likeness (QED) is 0.487. The molecule has 2 unspecified atom stereocenters. The van der Waals surface area contributed by atoms with Crippen LogP contribution in [-0.2, 0) is 9.53 Å². The summed E-state index contributed by atoms with van der Waals surface area (Å²) in [6.45, 7) is 0.0923. The zero-order chi connectivity index (χ0) is 24.4. The normalized spacial score (nSPS) is 18.9. The Morgan fingerprint density at radius 1 is 0.971 bits per heavy atom. The van der Waals surface area contributed by atoms with Gasteiger partial charge in [0.05, 0.1) is 5.92 Å². The van der Waals surface area contributed by atoms with Crippen molar-refractivity contribution in [1.29, 1.82) is 0 Å². The monoisotopic (exact) mass is 476 g/mol. The van der Waals surface area contributed by atoms with E-state index < -0.39 is 29.9 Å². The molecule has 3 N–H and O–H groups in total. The molecule has 2 aromatic carbocycles. The summed E-state index contributed by atoms with van der Waals surface area (Å²) >= 11 is 0. The minimum Gasteiger partial charge on any atom is -0.481 e. The number of rotatable bonds is 6. The standard InChI is InChI=1S/C25H24N4O6/c30-23(26-20-12-6-5-11-18(20)24(31)32)21-22(29-35-28-21)27-25(33)34-13-19-16-9-3-1-7-14(16)15-8-2-4-10-17(15)19/h1-4,7-10,18-20H,5-6,11-13H2,(H,26,30)(H,31,32)(H,27,29,33). The van der Waals surface area contributed by atoms with Crippen LogP contribution in [0.5, 0.6) is 0 Å². The Morgan fingerprint density at radius 2 is 1.63 bits per heavy atom. The van der Waals surface area contributed by atoms with Gasteiger partial charge in [-0.15, -0.1) is 0 Å². The predicted octanol–water partition coefficient (Wildman–Crippen LogP) is 3.80. The number of carbonyl (C=O) groups is 3. The van der Waals surface area contributed by atoms with Crippen LogP contribution in [0.3, 0.4) is 0 Å². The average molecular weight is 476 g/mol. The lowest BCUT2D eigenvalue weighted by atomic mass is 9.84. The molecule has 0 spiro atoms. The van der Waals surface area contributed by atoms with E-state index in [4.69, 9.17) is 4.74 Å². The molecule has 2 aliphatic rings. The Bertz CT molecular complexity index is 1230. The molecule has 3 aromatic rings. The van der Waals surface area contributed by atoms with E-state index in [1.54, 1.807) is 0 Å². The molecule has 180 valence electrons. The number of hydrogen-bond donors (Lipinski definition) is 3. The predicted molar refractivity (Wildman–Crippen MR) is 124 cm³/mol. The number of nitrogens with zero attached hydrogens (tertiary/aromatic N) is 2. The van der Waals surface area contributed by atoms with Crippen LogP contribution >= 0.6 is 0 Å². The van der Waals surface area contributed by atoms with Crippen LogP contribution in [0.2, 0.25) is 0 Å². The first kappa shape index (κ1) is 22.6. The van der Waals surface area contributed by atoms with Gasteiger partial charge >= 0.3 is 12.1 Å². The largest absolute Gasteiger partial charge is 0.481 e. The van der Waals surface area contributed by atoms with Crippen molar-refractivity contribution < 1.29 is 28.9 Å². The number of anilines is 1. The highest BCUT2D eigenvalue weighted by Gasteiger charge is 2.34. The van der Waals surface area contributed by atoms with Crippen molar-refractivity contribution in [3.8, 4) is 11.1 Å². The zero-order valence-corrected chi connectivity index (χ0v) is 18.8. The SMILES string of the molecule is O=C(Nc1nonc1C(=O)NC1CCCCC1C(=O)O)OCC1c2ccccc2-c2ccccc21. The van der Waals surface area contributed by atoms with Gasteiger partial charge in [-0.05, 0) is 45.4 Å². The molecule has 5 rings (SSSR count). The topological polar surface area (TPSA) is 144 Å². The van der Waals surface area contributed by atoms with E-state index in [-0.39, 0.29) is 24.0 Å². The highest BCUT2D eigenvalue weighted by atomic mass is 16.6. The number of carbonyl (C=O) groups excluding carboxylic acids is 2. The van der Waals surface area contributed by atoms with Gasteiger partial charge in [0.15, 0.2) is 0 Å². The van der Waals surface area contributed by atoms with Crippen LogP contribution in [0.15, 0.2) is 53.2 Å². The summed E-state index contributed by atoms with van der Waals surface area (Å²) in [7, 11) is 0. The van der Waals surface area contributed by atoms with E-state index in [1.807, 2.05) is 48.5 Å². The van der Waals surface area contributed by atoms with E-state index in [1.165, 1.54) is 0 Å². The van der Waals surface area contributed by atoms with Crippen LogP contribution in [0.25, 0.3) is 11.1 Å². The fourth-order valence-corrected chi connectivity index (χ4v) is 4.99. The van der Waals surface area contributed by atoms with Crippen LogP contribution in [-0.4, -0.2) is 46.0 Å². The van der Waals surface area contributed by atoms with Gasteiger partial charge in [-0.2, -0.15) is 0 Å². The van der Waals surface area contributed by atoms with Crippen molar-refractivity contribution in [2.75, 3.05) is 11.9 Å². The number of aliphatic carboxylic acids is 1. The first-order valence-electron chi connectivity index (χ1n) is 11.5. The molecular formula is C25H24N4O6. The number of amides is 2. The van der Waals surface area contributed by atoms with Crippen molar-refractivity contribution >= 4 is 23.8 Å². The molecule has 1 fully saturated rings. The molecule has 0 aliphatic heterocycles. The lowest BCUT2D eigenvalue weighted by Crippen LogP contribution is -2.45. The Kier molecular flexibility index (Phi) is 6.17. The van der Waals surface area contributed by atoms with Gasteiger partial charge in [0.1, 0.15) is 6.61 Å². The van der Waals surface area contributed by atoms with E-state index >= 15 is 0 Å². The Balaban J connectivity index is 1.23. The third kappa shape index (κ3) is 4.46. The molecule has 2 amide bonds. The maximum Gasteiger partial charge on any atom is 0.412 e. The first-order chi connectivity index (χ1) is 17.0. The third-order valence-corrected chi connectivity index (χ3v) is 6.67. The van der Waals surface area contributed by atoms with Crippen molar-refractivity contribution in [3.05, 3.63) is 65.4 Å². The van der Waals surface area contributed by atoms with Crippen molar-refractivity contribution in [1.82, 2.24) is 15.6 Å². The Morgan fingerprint density at radius 3 is 2.31 bits per heavy atom. The van der Waals surface area contributed by atoms with Gasteiger partial charge < -0.3 is 15.2 Å². The van der Waals surface area contributed by atoms with Crippen LogP contribution in [0.1, 0.15) is 53.2 Å². The lowest BCUT2D eigenvalue weighted by Gasteiger charge is -2.28. The molecule has 10 heteroatoms. The maximum atomic E-state index is 12.7. The van der Waals surface area contributed by atoms with Gasteiger partial charge in [0.2, 0.25) is 11.5 Å². The third-order valence-electron chi connectivity index (χ3n) is 6.67. The molecule has 0 radical (unpaired) electrons. The molecule has 2 atom stereocenters. The molecule has 1 aromatic heterocycles. The summed E-state index contributed by atoms with van der Waals surface area (Å²) in [5.74, 6) is -2.61. The van der Waals surface area contributed by atoms with Gasteiger partial charge in [0, 0.05) is 12.0 Å². The van der Waals surface area contributed by atoms with E-state index in [9.17, 15) is 19.5 Å². The lowest BCUT2D eigenvalue weighted by molar-refractivity contribution is -0.143. The fraction of sp³-hybridized carbons (Fsp3) is 0.320. The molecule has 2 aliphatic carbocycles. The summed E-state index contributed by atoms with van der Waals surface area (Å²) in [5.41, 5.74) is 4.13. The molecule has 1 saturated carbocycles. The molecule has 35 heavy (non-hydrogen) atoms. The smallest absolute Gasteiger partial charge is 0.412 e. The Hall–Kier alpha value is -4.21. The second kappa shape index (κ2) is 9.57. The van der Waals surface area contributed by atoms with Crippen LogP contribution in [0.4, 0.5) is 10.6 Å². The van der Waals surface area contributed by atoms with Gasteiger partial charge in [0.25, 0.3) is 5.91 Å². The second-order valence-corrected chi connectivity index (χ2v) is 8.72. The number of carboxylic acid groups (broad SMARTS) is 1. The van der Waals surface area contributed by atoms with Crippen molar-refractivity contribution in [2.45, 2.75) is 37.6 Å². The minimum absolute atomic E-state index is 0.0923. The number of ether oxygens (including phenoxy) is 1. The minimum atomic E-state index is -0.953. The number of benzene rings is 2. The maximum absolute atomic E-state index is 12.7. The summed E-state index contributed by atoms with van der Waals surface area (Å²) in [6, 6.07) is 15.4. The zero-order valence-electron chi connectivity index (χ0n) is 18.8. The molecule has 0 bridgehead atoms. The highest BCUT2D eigenvalue weighted by molar-refractivity contribution is 6.00. The Labute approximate surface area is 200 Å². The van der Waals surface area contributed by atoms with Gasteiger partial charge in [-0.25, -0.2) is 9.42 Å². The number of nitrogens with one attached hydrogen (secondary N) is 2. The average Bonchev–Trinajstić information content (AvgIpc) is 3.45. The van der Waals surface area contributed by atoms with Crippen molar-refractivity contribution in [3.63, 3.8) is 0 Å². The fourth-order valence-electron chi connectivity index (χ4n) is 4.99. The summed E-state index contributed by atoms with van der Waals surface area (Å²) in [4.78, 5) is 36.8. The van der Waals surface area contributed by atoms with Crippen LogP contribution < -0.4 is 10.6 Å². The second-order valence-electron chi connectivity index (χ2n) is 8.72. The van der Waals surface area contributed by atoms with E-state index in [0.717, 1.165) is 35.1 Å². The first-order valence-corrected chi connectivity index (χ1v) is 11.5. The highest BCUT2D eigenvalue weighted by Crippen LogP contribution is 2.44. The number of carboxylic acids is 1. The molecule has 10 nitrogen and oxygen atoms in total. The van der Waals surface area contributed by atoms with Gasteiger partial charge in [-0.3, -0.25) is 14.9 Å². The van der Waals surface area contributed by atoms with Crippen molar-refractivity contribution in [2.24, 2.45) is 5.92 Å². The molecule has 1 heterocycles. The van der Waals surface area contributed by atoms with Crippen LogP contribution in [0, 0.1) is 5.92 Å². The summed E-state index contributed by atoms with van der Waals surface area (Å²) in [5, 5.41) is 21.7. The van der Waals surface area contributed by atoms with E-state index in [0.29, 0.717) is 12.8 Å². The van der Waals surface area contributed by atoms with Gasteiger partial charge in [-0.1, -0.05) is 61.4 Å². The molecular weight excluding hydrogens is 452 g/mol. The molecule has 0 saturated heterocycles. The number of aromatic nitrogens is 2. The summed E-state index contributed by atoms with van der Waals surface area (Å²) < 4.78 is 10.1. The van der Waals surface area contributed by atoms with E-state index in [2.05, 4.69) is 25.6 Å². The summed E-state index contributed by atoms with van der Waals surface area (Å²) in [6.07, 6.45) is 1.84.